The summed E-state index contributed by atoms with van der Waals surface area (Å²) in [5.41, 5.74) is 6.17. The Kier molecular flexibility index (Phi) is 4.17. The number of carbonyl (C=O) groups is 1. The van der Waals surface area contributed by atoms with Crippen LogP contribution in [-0.4, -0.2) is 5.78 Å². The number of ketones is 1. The van der Waals surface area contributed by atoms with Crippen LogP contribution in [0, 0.1) is 0 Å². The van der Waals surface area contributed by atoms with Crippen LogP contribution in [0.15, 0.2) is 42.5 Å². The summed E-state index contributed by atoms with van der Waals surface area (Å²) in [6.07, 6.45) is 1.42. The van der Waals surface area contributed by atoms with Crippen molar-refractivity contribution in [2.45, 2.75) is 32.2 Å². The molecule has 0 fully saturated rings. The number of Topliss-reactive ketones (excluding diaryl/α,β-unsaturated/α-hetero) is 1. The van der Waals surface area contributed by atoms with Crippen LogP contribution in [-0.2, 0) is 23.2 Å². The van der Waals surface area contributed by atoms with Gasteiger partial charge in [-0.3, -0.25) is 4.79 Å². The Morgan fingerprint density at radius 3 is 2.37 bits per heavy atom. The summed E-state index contributed by atoms with van der Waals surface area (Å²) in [5, 5.41) is 0. The van der Waals surface area contributed by atoms with Gasteiger partial charge in [0.2, 0.25) is 0 Å². The maximum atomic E-state index is 12.4. The molecule has 1 aromatic carbocycles. The molecular formula is C16H19NOS. The van der Waals surface area contributed by atoms with Crippen LogP contribution in [0.1, 0.15) is 29.2 Å². The number of aryl methyl sites for hydroxylation is 1. The predicted molar refractivity (Wildman–Crippen MR) is 80.4 cm³/mol. The average molecular weight is 273 g/mol. The third-order valence-corrected chi connectivity index (χ3v) is 4.58. The van der Waals surface area contributed by atoms with Gasteiger partial charge in [0.05, 0.1) is 5.54 Å². The Morgan fingerprint density at radius 1 is 1.16 bits per heavy atom. The Balaban J connectivity index is 2.15. The van der Waals surface area contributed by atoms with Crippen molar-refractivity contribution in [2.75, 3.05) is 0 Å². The topological polar surface area (TPSA) is 43.1 Å². The lowest BCUT2D eigenvalue weighted by atomic mass is 9.87. The molecule has 1 heterocycles. The summed E-state index contributed by atoms with van der Waals surface area (Å²) in [4.78, 5) is 14.8. The van der Waals surface area contributed by atoms with Crippen LogP contribution in [0.2, 0.25) is 0 Å². The van der Waals surface area contributed by atoms with Gasteiger partial charge < -0.3 is 5.73 Å². The zero-order valence-corrected chi connectivity index (χ0v) is 12.2. The fourth-order valence-corrected chi connectivity index (χ4v) is 2.95. The average Bonchev–Trinajstić information content (AvgIpc) is 2.87. The molecule has 2 N–H and O–H groups in total. The molecule has 1 aromatic heterocycles. The summed E-state index contributed by atoms with van der Waals surface area (Å²) >= 11 is 1.70. The van der Waals surface area contributed by atoms with E-state index in [0.29, 0.717) is 6.42 Å². The van der Waals surface area contributed by atoms with Gasteiger partial charge in [-0.1, -0.05) is 37.3 Å². The van der Waals surface area contributed by atoms with Gasteiger partial charge in [-0.15, -0.1) is 11.3 Å². The quantitative estimate of drug-likeness (QED) is 0.908. The molecule has 1 atom stereocenters. The van der Waals surface area contributed by atoms with Gasteiger partial charge in [-0.05, 0) is 31.0 Å². The largest absolute Gasteiger partial charge is 0.315 e. The van der Waals surface area contributed by atoms with Crippen LogP contribution in [0.25, 0.3) is 0 Å². The van der Waals surface area contributed by atoms with E-state index in [1.807, 2.05) is 36.4 Å². The highest BCUT2D eigenvalue weighted by atomic mass is 32.1. The molecule has 100 valence electrons. The summed E-state index contributed by atoms with van der Waals surface area (Å²) < 4.78 is 0. The van der Waals surface area contributed by atoms with Gasteiger partial charge in [0.1, 0.15) is 0 Å². The van der Waals surface area contributed by atoms with Gasteiger partial charge in [0.15, 0.2) is 5.78 Å². The number of hydrogen-bond acceptors (Lipinski definition) is 3. The van der Waals surface area contributed by atoms with Crippen molar-refractivity contribution < 1.29 is 4.79 Å². The Hall–Kier alpha value is -1.45. The van der Waals surface area contributed by atoms with Gasteiger partial charge in [0, 0.05) is 16.2 Å². The molecule has 3 heteroatoms. The lowest BCUT2D eigenvalue weighted by Crippen LogP contribution is -2.42. The first-order chi connectivity index (χ1) is 9.04. The molecule has 2 nitrogen and oxygen atoms in total. The fraction of sp³-hybridized carbons (Fsp3) is 0.312. The molecule has 0 saturated heterocycles. The monoisotopic (exact) mass is 273 g/mol. The van der Waals surface area contributed by atoms with E-state index in [0.717, 1.165) is 16.9 Å². The number of rotatable bonds is 5. The van der Waals surface area contributed by atoms with Crippen molar-refractivity contribution >= 4 is 17.1 Å². The molecule has 0 amide bonds. The minimum atomic E-state index is -0.919. The van der Waals surface area contributed by atoms with Crippen molar-refractivity contribution in [3.8, 4) is 0 Å². The Morgan fingerprint density at radius 2 is 1.79 bits per heavy atom. The first-order valence-electron chi connectivity index (χ1n) is 6.49. The first kappa shape index (κ1) is 14.0. The molecule has 1 unspecified atom stereocenters. The van der Waals surface area contributed by atoms with Gasteiger partial charge in [0.25, 0.3) is 0 Å². The Bertz CT molecular complexity index is 557. The maximum Gasteiger partial charge on any atom is 0.162 e. The van der Waals surface area contributed by atoms with Crippen LogP contribution in [0.4, 0.5) is 0 Å². The van der Waals surface area contributed by atoms with E-state index in [1.54, 1.807) is 18.3 Å². The Labute approximate surface area is 118 Å². The number of thiophene rings is 1. The number of benzene rings is 1. The summed E-state index contributed by atoms with van der Waals surface area (Å²) in [7, 11) is 0. The van der Waals surface area contributed by atoms with E-state index in [4.69, 9.17) is 5.73 Å². The zero-order chi connectivity index (χ0) is 13.9. The van der Waals surface area contributed by atoms with Crippen molar-refractivity contribution in [1.29, 1.82) is 0 Å². The lowest BCUT2D eigenvalue weighted by molar-refractivity contribution is -0.123. The molecular weight excluding hydrogens is 254 g/mol. The third-order valence-electron chi connectivity index (χ3n) is 3.35. The molecule has 0 aliphatic heterocycles. The van der Waals surface area contributed by atoms with Gasteiger partial charge >= 0.3 is 0 Å². The molecule has 19 heavy (non-hydrogen) atoms. The highest BCUT2D eigenvalue weighted by molar-refractivity contribution is 7.12. The summed E-state index contributed by atoms with van der Waals surface area (Å²) in [5.74, 6) is 0.0585. The zero-order valence-electron chi connectivity index (χ0n) is 11.3. The lowest BCUT2D eigenvalue weighted by Gasteiger charge is -2.23. The fourth-order valence-electron chi connectivity index (χ4n) is 1.99. The second kappa shape index (κ2) is 5.68. The number of nitrogens with two attached hydrogens (primary N) is 1. The normalized spacial score (nSPS) is 14.1. The third kappa shape index (κ3) is 3.11. The molecule has 0 saturated carbocycles. The van der Waals surface area contributed by atoms with E-state index < -0.39 is 5.54 Å². The smallest absolute Gasteiger partial charge is 0.162 e. The second-order valence-corrected chi connectivity index (χ2v) is 6.14. The van der Waals surface area contributed by atoms with Gasteiger partial charge in [-0.2, -0.15) is 0 Å². The van der Waals surface area contributed by atoms with Gasteiger partial charge in [-0.25, -0.2) is 0 Å². The van der Waals surface area contributed by atoms with Crippen LogP contribution >= 0.6 is 11.3 Å². The molecule has 2 rings (SSSR count). The van der Waals surface area contributed by atoms with Crippen molar-refractivity contribution in [3.05, 3.63) is 57.8 Å². The van der Waals surface area contributed by atoms with Crippen LogP contribution in [0.3, 0.4) is 0 Å². The number of hydrogen-bond donors (Lipinski definition) is 1. The van der Waals surface area contributed by atoms with E-state index in [2.05, 4.69) is 13.0 Å². The standard InChI is InChI=1S/C16H19NOS/c1-3-13-9-10-14(19-13)11-15(18)16(2,17)12-7-5-4-6-8-12/h4-10H,3,11,17H2,1-2H3. The van der Waals surface area contributed by atoms with Crippen molar-refractivity contribution in [1.82, 2.24) is 0 Å². The van der Waals surface area contributed by atoms with E-state index in [1.165, 1.54) is 4.88 Å². The first-order valence-corrected chi connectivity index (χ1v) is 7.31. The molecule has 0 aliphatic rings. The minimum Gasteiger partial charge on any atom is -0.315 e. The summed E-state index contributed by atoms with van der Waals surface area (Å²) in [6, 6.07) is 13.7. The number of carbonyl (C=O) groups excluding carboxylic acids is 1. The van der Waals surface area contributed by atoms with E-state index >= 15 is 0 Å². The maximum absolute atomic E-state index is 12.4. The van der Waals surface area contributed by atoms with E-state index in [-0.39, 0.29) is 5.78 Å². The minimum absolute atomic E-state index is 0.0585. The molecule has 2 aromatic rings. The van der Waals surface area contributed by atoms with Crippen molar-refractivity contribution in [3.63, 3.8) is 0 Å². The second-order valence-electron chi connectivity index (χ2n) is 4.89. The molecule has 0 radical (unpaired) electrons. The van der Waals surface area contributed by atoms with Crippen molar-refractivity contribution in [2.24, 2.45) is 5.73 Å². The van der Waals surface area contributed by atoms with E-state index in [9.17, 15) is 4.79 Å². The predicted octanol–water partition coefficient (Wildman–Crippen LogP) is 3.30. The summed E-state index contributed by atoms with van der Waals surface area (Å²) in [6.45, 7) is 3.91. The molecule has 0 aliphatic carbocycles. The SMILES string of the molecule is CCc1ccc(CC(=O)C(C)(N)c2ccccc2)s1. The van der Waals surface area contributed by atoms with Crippen LogP contribution < -0.4 is 5.73 Å². The highest BCUT2D eigenvalue weighted by Crippen LogP contribution is 2.23. The van der Waals surface area contributed by atoms with Crippen LogP contribution in [0.5, 0.6) is 0 Å². The highest BCUT2D eigenvalue weighted by Gasteiger charge is 2.30. The molecule has 0 spiro atoms. The molecule has 0 bridgehead atoms.